The van der Waals surface area contributed by atoms with Gasteiger partial charge in [-0.2, -0.15) is 0 Å². The molecule has 0 radical (unpaired) electrons. The fourth-order valence-electron chi connectivity index (χ4n) is 2.18. The van der Waals surface area contributed by atoms with Gasteiger partial charge in [-0.25, -0.2) is 0 Å². The number of nitrogens with one attached hydrogen (secondary N) is 1. The second kappa shape index (κ2) is 8.17. The molecule has 0 aliphatic carbocycles. The Kier molecular flexibility index (Phi) is 5.97. The first-order valence-electron chi connectivity index (χ1n) is 7.77. The molecule has 2 rings (SSSR count). The summed E-state index contributed by atoms with van der Waals surface area (Å²) in [5.41, 5.74) is 1.34. The molecule has 0 bridgehead atoms. The largest absolute Gasteiger partial charge is 0.490 e. The zero-order chi connectivity index (χ0) is 16.7. The number of aromatic nitrogens is 1. The minimum absolute atomic E-state index is 0.174. The molecular weight excluding hydrogens is 292 g/mol. The summed E-state index contributed by atoms with van der Waals surface area (Å²) in [6.07, 6.45) is 1.71. The van der Waals surface area contributed by atoms with Crippen LogP contribution in [0.2, 0.25) is 0 Å². The van der Waals surface area contributed by atoms with Crippen LogP contribution in [-0.4, -0.2) is 24.1 Å². The minimum Gasteiger partial charge on any atom is -0.490 e. The first-order chi connectivity index (χ1) is 11.2. The third kappa shape index (κ3) is 4.45. The lowest BCUT2D eigenvalue weighted by Gasteiger charge is -2.15. The van der Waals surface area contributed by atoms with E-state index in [1.165, 1.54) is 0 Å². The van der Waals surface area contributed by atoms with E-state index < -0.39 is 0 Å². The maximum Gasteiger partial charge on any atom is 0.251 e. The summed E-state index contributed by atoms with van der Waals surface area (Å²) in [6.45, 7) is 6.76. The third-order valence-corrected chi connectivity index (χ3v) is 3.28. The number of pyridine rings is 1. The number of amides is 1. The van der Waals surface area contributed by atoms with Crippen molar-refractivity contribution in [3.63, 3.8) is 0 Å². The van der Waals surface area contributed by atoms with E-state index in [4.69, 9.17) is 9.47 Å². The molecule has 1 aromatic heterocycles. The highest BCUT2D eigenvalue weighted by Gasteiger charge is 2.15. The monoisotopic (exact) mass is 314 g/mol. The molecule has 5 nitrogen and oxygen atoms in total. The van der Waals surface area contributed by atoms with Gasteiger partial charge in [-0.15, -0.1) is 0 Å². The number of nitrogens with zero attached hydrogens (tertiary/aromatic N) is 1. The molecule has 0 saturated heterocycles. The number of hydrogen-bond donors (Lipinski definition) is 1. The molecule has 0 aliphatic rings. The van der Waals surface area contributed by atoms with Crippen molar-refractivity contribution in [2.24, 2.45) is 0 Å². The van der Waals surface area contributed by atoms with E-state index in [0.717, 1.165) is 5.69 Å². The highest BCUT2D eigenvalue weighted by Crippen LogP contribution is 2.28. The predicted molar refractivity (Wildman–Crippen MR) is 88.9 cm³/mol. The van der Waals surface area contributed by atoms with Crippen LogP contribution in [0.5, 0.6) is 11.5 Å². The highest BCUT2D eigenvalue weighted by molar-refractivity contribution is 5.95. The van der Waals surface area contributed by atoms with Crippen molar-refractivity contribution in [2.75, 3.05) is 13.2 Å². The van der Waals surface area contributed by atoms with Crippen LogP contribution in [0.25, 0.3) is 0 Å². The molecule has 5 heteroatoms. The molecule has 0 saturated carbocycles. The Labute approximate surface area is 136 Å². The quantitative estimate of drug-likeness (QED) is 0.851. The van der Waals surface area contributed by atoms with Gasteiger partial charge in [0.1, 0.15) is 0 Å². The average Bonchev–Trinajstić information content (AvgIpc) is 2.57. The molecule has 0 fully saturated rings. The van der Waals surface area contributed by atoms with Crippen molar-refractivity contribution in [3.05, 3.63) is 53.9 Å². The smallest absolute Gasteiger partial charge is 0.251 e. The maximum absolute atomic E-state index is 12.4. The number of carbonyl (C=O) groups excluding carboxylic acids is 1. The highest BCUT2D eigenvalue weighted by atomic mass is 16.5. The summed E-state index contributed by atoms with van der Waals surface area (Å²) in [7, 11) is 0. The molecular formula is C18H22N2O3. The molecule has 1 unspecified atom stereocenters. The van der Waals surface area contributed by atoms with Gasteiger partial charge >= 0.3 is 0 Å². The second-order valence-electron chi connectivity index (χ2n) is 4.98. The predicted octanol–water partition coefficient (Wildman–Crippen LogP) is 3.37. The van der Waals surface area contributed by atoms with Crippen LogP contribution in [0.3, 0.4) is 0 Å². The van der Waals surface area contributed by atoms with Gasteiger partial charge in [0.05, 0.1) is 24.9 Å². The SMILES string of the molecule is CCOc1ccc(C(=O)NC(C)c2ccccn2)cc1OCC. The van der Waals surface area contributed by atoms with Crippen LogP contribution in [0, 0.1) is 0 Å². The van der Waals surface area contributed by atoms with Crippen LogP contribution in [0.1, 0.15) is 42.9 Å². The zero-order valence-electron chi connectivity index (χ0n) is 13.7. The molecule has 1 aromatic carbocycles. The molecule has 0 spiro atoms. The van der Waals surface area contributed by atoms with E-state index in [1.54, 1.807) is 24.4 Å². The van der Waals surface area contributed by atoms with Crippen LogP contribution in [0.15, 0.2) is 42.6 Å². The van der Waals surface area contributed by atoms with Crippen molar-refractivity contribution < 1.29 is 14.3 Å². The maximum atomic E-state index is 12.4. The van der Waals surface area contributed by atoms with Gasteiger partial charge in [-0.05, 0) is 51.1 Å². The number of benzene rings is 1. The van der Waals surface area contributed by atoms with E-state index in [1.807, 2.05) is 39.0 Å². The van der Waals surface area contributed by atoms with Crippen LogP contribution in [-0.2, 0) is 0 Å². The Balaban J connectivity index is 2.14. The van der Waals surface area contributed by atoms with E-state index in [0.29, 0.717) is 30.3 Å². The number of carbonyl (C=O) groups is 1. The van der Waals surface area contributed by atoms with Crippen molar-refractivity contribution >= 4 is 5.91 Å². The Morgan fingerprint density at radius 2 is 1.87 bits per heavy atom. The number of rotatable bonds is 7. The zero-order valence-corrected chi connectivity index (χ0v) is 13.7. The molecule has 1 N–H and O–H groups in total. The Morgan fingerprint density at radius 1 is 1.13 bits per heavy atom. The van der Waals surface area contributed by atoms with Gasteiger partial charge in [0.2, 0.25) is 0 Å². The van der Waals surface area contributed by atoms with E-state index in [-0.39, 0.29) is 11.9 Å². The van der Waals surface area contributed by atoms with Crippen LogP contribution < -0.4 is 14.8 Å². The first kappa shape index (κ1) is 16.8. The van der Waals surface area contributed by atoms with E-state index >= 15 is 0 Å². The Hall–Kier alpha value is -2.56. The third-order valence-electron chi connectivity index (χ3n) is 3.28. The summed E-state index contributed by atoms with van der Waals surface area (Å²) in [5.74, 6) is 1.04. The van der Waals surface area contributed by atoms with Gasteiger partial charge in [0, 0.05) is 11.8 Å². The molecule has 1 atom stereocenters. The van der Waals surface area contributed by atoms with Gasteiger partial charge in [-0.3, -0.25) is 9.78 Å². The van der Waals surface area contributed by atoms with Crippen molar-refractivity contribution in [1.82, 2.24) is 10.3 Å². The van der Waals surface area contributed by atoms with Gasteiger partial charge in [-0.1, -0.05) is 6.07 Å². The molecule has 1 heterocycles. The summed E-state index contributed by atoms with van der Waals surface area (Å²) >= 11 is 0. The van der Waals surface area contributed by atoms with Crippen LogP contribution >= 0.6 is 0 Å². The lowest BCUT2D eigenvalue weighted by atomic mass is 10.1. The van der Waals surface area contributed by atoms with E-state index in [9.17, 15) is 4.79 Å². The number of hydrogen-bond acceptors (Lipinski definition) is 4. The normalized spacial score (nSPS) is 11.6. The molecule has 0 aliphatic heterocycles. The van der Waals surface area contributed by atoms with E-state index in [2.05, 4.69) is 10.3 Å². The summed E-state index contributed by atoms with van der Waals surface area (Å²) in [6, 6.07) is 10.6. The first-order valence-corrected chi connectivity index (χ1v) is 7.77. The lowest BCUT2D eigenvalue weighted by molar-refractivity contribution is 0.0938. The lowest BCUT2D eigenvalue weighted by Crippen LogP contribution is -2.27. The van der Waals surface area contributed by atoms with Crippen molar-refractivity contribution in [1.29, 1.82) is 0 Å². The summed E-state index contributed by atoms with van der Waals surface area (Å²) in [4.78, 5) is 16.7. The summed E-state index contributed by atoms with van der Waals surface area (Å²) in [5, 5.41) is 2.94. The Bertz CT molecular complexity index is 644. The average molecular weight is 314 g/mol. The molecule has 1 amide bonds. The molecule has 122 valence electrons. The summed E-state index contributed by atoms with van der Waals surface area (Å²) < 4.78 is 11.1. The van der Waals surface area contributed by atoms with Crippen molar-refractivity contribution in [2.45, 2.75) is 26.8 Å². The Morgan fingerprint density at radius 3 is 2.52 bits per heavy atom. The van der Waals surface area contributed by atoms with Crippen molar-refractivity contribution in [3.8, 4) is 11.5 Å². The molecule has 23 heavy (non-hydrogen) atoms. The fourth-order valence-corrected chi connectivity index (χ4v) is 2.18. The molecule has 2 aromatic rings. The van der Waals surface area contributed by atoms with Gasteiger partial charge < -0.3 is 14.8 Å². The van der Waals surface area contributed by atoms with Gasteiger partial charge in [0.25, 0.3) is 5.91 Å². The fraction of sp³-hybridized carbons (Fsp3) is 0.333. The number of ether oxygens (including phenoxy) is 2. The topological polar surface area (TPSA) is 60.5 Å². The van der Waals surface area contributed by atoms with Crippen LogP contribution in [0.4, 0.5) is 0 Å². The van der Waals surface area contributed by atoms with Gasteiger partial charge in [0.15, 0.2) is 11.5 Å². The standard InChI is InChI=1S/C18H22N2O3/c1-4-22-16-10-9-14(12-17(16)23-5-2)18(21)20-13(3)15-8-6-7-11-19-15/h6-13H,4-5H2,1-3H3,(H,20,21). The second-order valence-corrected chi connectivity index (χ2v) is 4.98. The minimum atomic E-state index is -0.175.